The van der Waals surface area contributed by atoms with E-state index in [0.717, 1.165) is 22.6 Å². The Kier molecular flexibility index (Phi) is 5.43. The summed E-state index contributed by atoms with van der Waals surface area (Å²) in [6.45, 7) is 2.56. The van der Waals surface area contributed by atoms with Gasteiger partial charge in [0.05, 0.1) is 12.7 Å². The van der Waals surface area contributed by atoms with E-state index >= 15 is 0 Å². The van der Waals surface area contributed by atoms with Crippen LogP contribution in [0.3, 0.4) is 0 Å². The number of amides is 1. The van der Waals surface area contributed by atoms with E-state index in [4.69, 9.17) is 4.74 Å². The van der Waals surface area contributed by atoms with E-state index in [1.807, 2.05) is 55.5 Å². The van der Waals surface area contributed by atoms with Gasteiger partial charge < -0.3 is 15.4 Å². The van der Waals surface area contributed by atoms with E-state index in [2.05, 4.69) is 20.6 Å². The van der Waals surface area contributed by atoms with Gasteiger partial charge in [-0.3, -0.25) is 4.79 Å². The predicted octanol–water partition coefficient (Wildman–Crippen LogP) is 3.66. The van der Waals surface area contributed by atoms with Gasteiger partial charge >= 0.3 is 0 Å². The van der Waals surface area contributed by atoms with Crippen LogP contribution in [0.15, 0.2) is 60.9 Å². The number of hydrogen-bond acceptors (Lipinski definition) is 5. The van der Waals surface area contributed by atoms with Crippen LogP contribution in [0.4, 0.5) is 11.6 Å². The molecule has 0 saturated carbocycles. The molecule has 26 heavy (non-hydrogen) atoms. The van der Waals surface area contributed by atoms with Gasteiger partial charge in [-0.25, -0.2) is 9.97 Å². The van der Waals surface area contributed by atoms with Gasteiger partial charge in [-0.15, -0.1) is 0 Å². The fourth-order valence-corrected chi connectivity index (χ4v) is 2.39. The number of carbonyl (C=O) groups excluding carboxylic acids is 1. The second kappa shape index (κ2) is 8.11. The van der Waals surface area contributed by atoms with Gasteiger partial charge in [0, 0.05) is 24.6 Å². The molecule has 0 spiro atoms. The molecule has 3 aromatic rings. The Morgan fingerprint density at radius 2 is 1.81 bits per heavy atom. The van der Waals surface area contributed by atoms with Crippen molar-refractivity contribution in [2.24, 2.45) is 0 Å². The van der Waals surface area contributed by atoms with Gasteiger partial charge in [0.2, 0.25) is 5.95 Å². The van der Waals surface area contributed by atoms with Crippen molar-refractivity contribution in [3.05, 3.63) is 77.6 Å². The number of benzene rings is 2. The molecule has 1 aromatic heterocycles. The predicted molar refractivity (Wildman–Crippen MR) is 101 cm³/mol. The van der Waals surface area contributed by atoms with E-state index in [0.29, 0.717) is 18.1 Å². The maximum absolute atomic E-state index is 12.3. The summed E-state index contributed by atoms with van der Waals surface area (Å²) in [5.74, 6) is 1.04. The Balaban J connectivity index is 1.57. The highest BCUT2D eigenvalue weighted by atomic mass is 16.5. The summed E-state index contributed by atoms with van der Waals surface area (Å²) in [4.78, 5) is 20.7. The lowest BCUT2D eigenvalue weighted by Gasteiger charge is -2.08. The first-order valence-corrected chi connectivity index (χ1v) is 8.21. The number of carbonyl (C=O) groups is 1. The number of nitrogens with zero attached hydrogens (tertiary/aromatic N) is 2. The molecule has 0 radical (unpaired) electrons. The number of ether oxygens (including phenoxy) is 1. The van der Waals surface area contributed by atoms with Crippen LogP contribution in [0.1, 0.15) is 21.5 Å². The lowest BCUT2D eigenvalue weighted by Crippen LogP contribution is -2.13. The van der Waals surface area contributed by atoms with Crippen LogP contribution < -0.4 is 15.4 Å². The lowest BCUT2D eigenvalue weighted by molar-refractivity contribution is 0.102. The average Bonchev–Trinajstić information content (AvgIpc) is 2.67. The summed E-state index contributed by atoms with van der Waals surface area (Å²) in [6, 6.07) is 15.4. The maximum Gasteiger partial charge on any atom is 0.258 e. The second-order valence-electron chi connectivity index (χ2n) is 5.82. The van der Waals surface area contributed by atoms with E-state index < -0.39 is 0 Å². The molecule has 6 heteroatoms. The van der Waals surface area contributed by atoms with Crippen LogP contribution in [0.2, 0.25) is 0 Å². The second-order valence-corrected chi connectivity index (χ2v) is 5.82. The summed E-state index contributed by atoms with van der Waals surface area (Å²) in [6.07, 6.45) is 3.02. The molecule has 2 N–H and O–H groups in total. The summed E-state index contributed by atoms with van der Waals surface area (Å²) in [5, 5.41) is 5.96. The maximum atomic E-state index is 12.3. The van der Waals surface area contributed by atoms with Gasteiger partial charge in [-0.1, -0.05) is 24.3 Å². The Morgan fingerprint density at radius 1 is 1.08 bits per heavy atom. The quantitative estimate of drug-likeness (QED) is 0.711. The third kappa shape index (κ3) is 4.57. The zero-order valence-electron chi connectivity index (χ0n) is 14.7. The fraction of sp³-hybridized carbons (Fsp3) is 0.150. The third-order valence-electron chi connectivity index (χ3n) is 3.80. The van der Waals surface area contributed by atoms with Crippen molar-refractivity contribution in [1.82, 2.24) is 9.97 Å². The van der Waals surface area contributed by atoms with E-state index in [1.54, 1.807) is 7.11 Å². The van der Waals surface area contributed by atoms with Crippen LogP contribution in [0.25, 0.3) is 0 Å². The molecule has 0 atom stereocenters. The molecule has 0 aliphatic heterocycles. The minimum Gasteiger partial charge on any atom is -0.497 e. The highest BCUT2D eigenvalue weighted by Crippen LogP contribution is 2.13. The zero-order valence-corrected chi connectivity index (χ0v) is 14.7. The van der Waals surface area contributed by atoms with Crippen LogP contribution in [-0.4, -0.2) is 23.0 Å². The first-order valence-electron chi connectivity index (χ1n) is 8.21. The Hall–Kier alpha value is -3.41. The SMILES string of the molecule is COc1ccc(CNc2ncc(C(=O)Nc3cccc(C)c3)cn2)cc1. The Labute approximate surface area is 152 Å². The Bertz CT molecular complexity index is 877. The fourth-order valence-electron chi connectivity index (χ4n) is 2.39. The summed E-state index contributed by atoms with van der Waals surface area (Å²) in [5.41, 5.74) is 3.31. The minimum absolute atomic E-state index is 0.239. The smallest absolute Gasteiger partial charge is 0.258 e. The number of aryl methyl sites for hydroxylation is 1. The van der Waals surface area contributed by atoms with Crippen LogP contribution in [-0.2, 0) is 6.54 Å². The molecule has 6 nitrogen and oxygen atoms in total. The number of rotatable bonds is 6. The largest absolute Gasteiger partial charge is 0.497 e. The van der Waals surface area contributed by atoms with Crippen molar-refractivity contribution in [3.8, 4) is 5.75 Å². The van der Waals surface area contributed by atoms with Crippen molar-refractivity contribution >= 4 is 17.5 Å². The van der Waals surface area contributed by atoms with Gasteiger partial charge in [0.15, 0.2) is 0 Å². The van der Waals surface area contributed by atoms with Gasteiger partial charge in [-0.05, 0) is 42.3 Å². The molecule has 3 rings (SSSR count). The number of hydrogen-bond donors (Lipinski definition) is 2. The number of anilines is 2. The topological polar surface area (TPSA) is 76.1 Å². The molecule has 0 fully saturated rings. The average molecular weight is 348 g/mol. The summed E-state index contributed by atoms with van der Waals surface area (Å²) in [7, 11) is 1.64. The van der Waals surface area contributed by atoms with E-state index in [1.165, 1.54) is 12.4 Å². The molecule has 0 saturated heterocycles. The van der Waals surface area contributed by atoms with Crippen LogP contribution in [0.5, 0.6) is 5.75 Å². The molecule has 2 aromatic carbocycles. The zero-order chi connectivity index (χ0) is 18.4. The molecular weight excluding hydrogens is 328 g/mol. The van der Waals surface area contributed by atoms with Crippen molar-refractivity contribution < 1.29 is 9.53 Å². The molecule has 1 heterocycles. The summed E-state index contributed by atoms with van der Waals surface area (Å²) >= 11 is 0. The van der Waals surface area contributed by atoms with Crippen molar-refractivity contribution in [2.45, 2.75) is 13.5 Å². The molecule has 0 bridgehead atoms. The Morgan fingerprint density at radius 3 is 2.46 bits per heavy atom. The van der Waals surface area contributed by atoms with Gasteiger partial charge in [-0.2, -0.15) is 0 Å². The molecular formula is C20H20N4O2. The molecule has 0 aliphatic carbocycles. The molecule has 132 valence electrons. The lowest BCUT2D eigenvalue weighted by atomic mass is 10.2. The first kappa shape index (κ1) is 17.4. The van der Waals surface area contributed by atoms with Crippen molar-refractivity contribution in [2.75, 3.05) is 17.7 Å². The number of methoxy groups -OCH3 is 1. The first-order chi connectivity index (χ1) is 12.6. The number of aromatic nitrogens is 2. The van der Waals surface area contributed by atoms with Crippen LogP contribution in [0, 0.1) is 6.92 Å². The summed E-state index contributed by atoms with van der Waals surface area (Å²) < 4.78 is 5.13. The monoisotopic (exact) mass is 348 g/mol. The van der Waals surface area contributed by atoms with E-state index in [9.17, 15) is 4.79 Å². The van der Waals surface area contributed by atoms with Crippen LogP contribution >= 0.6 is 0 Å². The van der Waals surface area contributed by atoms with Crippen molar-refractivity contribution in [1.29, 1.82) is 0 Å². The van der Waals surface area contributed by atoms with Gasteiger partial charge in [0.25, 0.3) is 5.91 Å². The molecule has 0 unspecified atom stereocenters. The van der Waals surface area contributed by atoms with Crippen molar-refractivity contribution in [3.63, 3.8) is 0 Å². The standard InChI is InChI=1S/C20H20N4O2/c1-14-4-3-5-17(10-14)24-19(25)16-12-22-20(23-13-16)21-11-15-6-8-18(26-2)9-7-15/h3-10,12-13H,11H2,1-2H3,(H,24,25)(H,21,22,23). The van der Waals surface area contributed by atoms with E-state index in [-0.39, 0.29) is 5.91 Å². The molecule has 0 aliphatic rings. The third-order valence-corrected chi connectivity index (χ3v) is 3.80. The normalized spacial score (nSPS) is 10.2. The number of nitrogens with one attached hydrogen (secondary N) is 2. The van der Waals surface area contributed by atoms with Gasteiger partial charge in [0.1, 0.15) is 5.75 Å². The highest BCUT2D eigenvalue weighted by Gasteiger charge is 2.08. The highest BCUT2D eigenvalue weighted by molar-refractivity contribution is 6.03. The molecule has 1 amide bonds. The minimum atomic E-state index is -0.239.